The van der Waals surface area contributed by atoms with Crippen LogP contribution in [0.5, 0.6) is 0 Å². The third kappa shape index (κ3) is 3.46. The van der Waals surface area contributed by atoms with Gasteiger partial charge in [0, 0.05) is 18.1 Å². The first-order valence-corrected chi connectivity index (χ1v) is 6.11. The molecule has 1 rings (SSSR count). The number of nitrogens with one attached hydrogen (secondary N) is 1. The van der Waals surface area contributed by atoms with Crippen LogP contribution < -0.4 is 5.32 Å². The number of hydrogen-bond donors (Lipinski definition) is 2. The molecule has 4 heteroatoms. The average molecular weight is 228 g/mol. The van der Waals surface area contributed by atoms with Crippen molar-refractivity contribution in [2.45, 2.75) is 51.7 Å². The number of nitrogens with zero attached hydrogens (tertiary/aromatic N) is 1. The van der Waals surface area contributed by atoms with Gasteiger partial charge in [-0.25, -0.2) is 0 Å². The Kier molecular flexibility index (Phi) is 4.74. The highest BCUT2D eigenvalue weighted by atomic mass is 16.4. The number of carboxylic acids is 1. The van der Waals surface area contributed by atoms with Gasteiger partial charge in [-0.05, 0) is 40.3 Å². The highest BCUT2D eigenvalue weighted by Gasteiger charge is 2.26. The molecule has 1 heterocycles. The molecule has 1 fully saturated rings. The maximum absolute atomic E-state index is 10.9. The van der Waals surface area contributed by atoms with E-state index < -0.39 is 5.97 Å². The van der Waals surface area contributed by atoms with Gasteiger partial charge in [0.2, 0.25) is 0 Å². The molecule has 1 saturated heterocycles. The fraction of sp³-hybridized carbons (Fsp3) is 0.917. The second-order valence-corrected chi connectivity index (χ2v) is 5.13. The van der Waals surface area contributed by atoms with Crippen LogP contribution in [-0.2, 0) is 4.79 Å². The fourth-order valence-corrected chi connectivity index (χ4v) is 2.17. The van der Waals surface area contributed by atoms with Crippen LogP contribution in [0.25, 0.3) is 0 Å². The summed E-state index contributed by atoms with van der Waals surface area (Å²) in [6, 6.07) is 1.08. The largest absolute Gasteiger partial charge is 0.481 e. The molecule has 0 amide bonds. The van der Waals surface area contributed by atoms with Crippen molar-refractivity contribution in [3.05, 3.63) is 0 Å². The Labute approximate surface area is 98.0 Å². The Balaban J connectivity index is 2.40. The third-order valence-corrected chi connectivity index (χ3v) is 3.85. The zero-order valence-corrected chi connectivity index (χ0v) is 10.7. The number of piperidine rings is 1. The number of hydrogen-bond acceptors (Lipinski definition) is 3. The summed E-state index contributed by atoms with van der Waals surface area (Å²) in [5.74, 6) is -1.05. The van der Waals surface area contributed by atoms with Crippen LogP contribution in [-0.4, -0.2) is 47.7 Å². The highest BCUT2D eigenvalue weighted by molar-refractivity contribution is 5.70. The molecule has 1 aliphatic rings. The summed E-state index contributed by atoms with van der Waals surface area (Å²) in [6.45, 7) is 7.03. The van der Waals surface area contributed by atoms with E-state index in [1.54, 1.807) is 6.92 Å². The predicted octanol–water partition coefficient (Wildman–Crippen LogP) is 1.17. The molecule has 0 aromatic rings. The Morgan fingerprint density at radius 2 is 2.12 bits per heavy atom. The van der Waals surface area contributed by atoms with Crippen LogP contribution in [0.4, 0.5) is 0 Å². The summed E-state index contributed by atoms with van der Waals surface area (Å²) in [4.78, 5) is 13.2. The van der Waals surface area contributed by atoms with Crippen molar-refractivity contribution >= 4 is 5.97 Å². The molecule has 0 aliphatic carbocycles. The molecule has 4 nitrogen and oxygen atoms in total. The molecule has 94 valence electrons. The molecule has 0 saturated carbocycles. The molecule has 0 aromatic carbocycles. The maximum atomic E-state index is 10.9. The quantitative estimate of drug-likeness (QED) is 0.758. The summed E-state index contributed by atoms with van der Waals surface area (Å²) in [5.41, 5.74) is 0. The van der Waals surface area contributed by atoms with Crippen molar-refractivity contribution in [3.63, 3.8) is 0 Å². The normalized spacial score (nSPS) is 31.0. The molecule has 4 unspecified atom stereocenters. The second kappa shape index (κ2) is 5.64. The minimum atomic E-state index is -0.721. The van der Waals surface area contributed by atoms with Crippen molar-refractivity contribution in [1.29, 1.82) is 0 Å². The molecule has 0 aromatic heterocycles. The topological polar surface area (TPSA) is 52.6 Å². The molecular formula is C12H24N2O2. The van der Waals surface area contributed by atoms with Crippen LogP contribution in [0, 0.1) is 5.92 Å². The molecule has 1 aliphatic heterocycles. The summed E-state index contributed by atoms with van der Waals surface area (Å²) in [7, 11) is 2.14. The van der Waals surface area contributed by atoms with Gasteiger partial charge in [0.05, 0.1) is 5.92 Å². The fourth-order valence-electron chi connectivity index (χ4n) is 2.17. The van der Waals surface area contributed by atoms with Gasteiger partial charge in [-0.1, -0.05) is 6.92 Å². The van der Waals surface area contributed by atoms with Gasteiger partial charge in [-0.15, -0.1) is 0 Å². The lowest BCUT2D eigenvalue weighted by atomic mass is 9.96. The molecule has 0 bridgehead atoms. The van der Waals surface area contributed by atoms with Gasteiger partial charge < -0.3 is 15.3 Å². The van der Waals surface area contributed by atoms with E-state index >= 15 is 0 Å². The number of carbonyl (C=O) groups is 1. The maximum Gasteiger partial charge on any atom is 0.307 e. The Bertz CT molecular complexity index is 245. The van der Waals surface area contributed by atoms with Gasteiger partial charge in [0.15, 0.2) is 0 Å². The first-order chi connectivity index (χ1) is 7.41. The number of carboxylic acid groups (broad SMARTS) is 1. The summed E-state index contributed by atoms with van der Waals surface area (Å²) in [6.07, 6.45) is 2.21. The second-order valence-electron chi connectivity index (χ2n) is 5.13. The van der Waals surface area contributed by atoms with Gasteiger partial charge in [0.1, 0.15) is 0 Å². The highest BCUT2D eigenvalue weighted by Crippen LogP contribution is 2.17. The summed E-state index contributed by atoms with van der Waals surface area (Å²) in [5, 5.41) is 12.4. The Morgan fingerprint density at radius 3 is 2.62 bits per heavy atom. The van der Waals surface area contributed by atoms with Crippen LogP contribution >= 0.6 is 0 Å². The van der Waals surface area contributed by atoms with Crippen LogP contribution in [0.2, 0.25) is 0 Å². The van der Waals surface area contributed by atoms with E-state index in [-0.39, 0.29) is 12.0 Å². The molecule has 16 heavy (non-hydrogen) atoms. The van der Waals surface area contributed by atoms with E-state index in [1.165, 1.54) is 0 Å². The van der Waals surface area contributed by atoms with E-state index in [9.17, 15) is 4.79 Å². The summed E-state index contributed by atoms with van der Waals surface area (Å²) < 4.78 is 0. The van der Waals surface area contributed by atoms with Crippen LogP contribution in [0.3, 0.4) is 0 Å². The lowest BCUT2D eigenvalue weighted by Crippen LogP contribution is -2.50. The number of aliphatic carboxylic acids is 1. The SMILES string of the molecule is CC(NC1CCN(C)C(C)C1)C(C)C(=O)O. The predicted molar refractivity (Wildman–Crippen MR) is 64.5 cm³/mol. The lowest BCUT2D eigenvalue weighted by molar-refractivity contribution is -0.142. The van der Waals surface area contributed by atoms with Gasteiger partial charge in [-0.3, -0.25) is 4.79 Å². The van der Waals surface area contributed by atoms with Crippen molar-refractivity contribution in [3.8, 4) is 0 Å². The van der Waals surface area contributed by atoms with Crippen molar-refractivity contribution in [2.75, 3.05) is 13.6 Å². The zero-order valence-electron chi connectivity index (χ0n) is 10.7. The first-order valence-electron chi connectivity index (χ1n) is 6.11. The van der Waals surface area contributed by atoms with E-state index in [0.29, 0.717) is 12.1 Å². The lowest BCUT2D eigenvalue weighted by Gasteiger charge is -2.37. The zero-order chi connectivity index (χ0) is 12.3. The smallest absolute Gasteiger partial charge is 0.307 e. The van der Waals surface area contributed by atoms with Gasteiger partial charge >= 0.3 is 5.97 Å². The molecule has 4 atom stereocenters. The van der Waals surface area contributed by atoms with Crippen molar-refractivity contribution in [1.82, 2.24) is 10.2 Å². The van der Waals surface area contributed by atoms with Crippen molar-refractivity contribution < 1.29 is 9.90 Å². The van der Waals surface area contributed by atoms with Gasteiger partial charge in [0.25, 0.3) is 0 Å². The molecular weight excluding hydrogens is 204 g/mol. The van der Waals surface area contributed by atoms with Crippen molar-refractivity contribution in [2.24, 2.45) is 5.92 Å². The monoisotopic (exact) mass is 228 g/mol. The minimum Gasteiger partial charge on any atom is -0.481 e. The Morgan fingerprint density at radius 1 is 1.50 bits per heavy atom. The van der Waals surface area contributed by atoms with E-state index in [4.69, 9.17) is 5.11 Å². The average Bonchev–Trinajstić information content (AvgIpc) is 2.22. The number of rotatable bonds is 4. The first kappa shape index (κ1) is 13.5. The minimum absolute atomic E-state index is 0.0399. The number of likely N-dealkylation sites (tertiary alicyclic amines) is 1. The Hall–Kier alpha value is -0.610. The van der Waals surface area contributed by atoms with E-state index in [0.717, 1.165) is 19.4 Å². The third-order valence-electron chi connectivity index (χ3n) is 3.85. The van der Waals surface area contributed by atoms with Crippen LogP contribution in [0.1, 0.15) is 33.6 Å². The molecule has 2 N–H and O–H groups in total. The standard InChI is InChI=1S/C12H24N2O2/c1-8-7-11(5-6-14(8)4)13-10(3)9(2)12(15)16/h8-11,13H,5-7H2,1-4H3,(H,15,16). The molecule has 0 radical (unpaired) electrons. The van der Waals surface area contributed by atoms with E-state index in [2.05, 4.69) is 24.2 Å². The van der Waals surface area contributed by atoms with E-state index in [1.807, 2.05) is 6.92 Å². The van der Waals surface area contributed by atoms with Gasteiger partial charge in [-0.2, -0.15) is 0 Å². The summed E-state index contributed by atoms with van der Waals surface area (Å²) >= 11 is 0. The molecule has 0 spiro atoms. The van der Waals surface area contributed by atoms with Crippen LogP contribution in [0.15, 0.2) is 0 Å².